The van der Waals surface area contributed by atoms with Crippen molar-refractivity contribution in [3.05, 3.63) is 95.4 Å². The minimum Gasteiger partial charge on any atom is -0.475 e. The summed E-state index contributed by atoms with van der Waals surface area (Å²) in [6.45, 7) is 10.6. The number of amides is 2. The predicted molar refractivity (Wildman–Crippen MR) is 188 cm³/mol. The zero-order valence-electron chi connectivity index (χ0n) is 28.8. The lowest BCUT2D eigenvalue weighted by atomic mass is 10.1. The number of anilines is 2. The van der Waals surface area contributed by atoms with E-state index >= 15 is 0 Å². The molecule has 50 heavy (non-hydrogen) atoms. The fourth-order valence-corrected chi connectivity index (χ4v) is 5.03. The van der Waals surface area contributed by atoms with Gasteiger partial charge in [0.15, 0.2) is 0 Å². The Morgan fingerprint density at radius 2 is 1.84 bits per heavy atom. The van der Waals surface area contributed by atoms with Gasteiger partial charge in [0.25, 0.3) is 0 Å². The molecule has 0 saturated carbocycles. The molecule has 3 aromatic heterocycles. The molecule has 4 heterocycles. The van der Waals surface area contributed by atoms with Crippen molar-refractivity contribution in [3.8, 4) is 23.3 Å². The summed E-state index contributed by atoms with van der Waals surface area (Å²) in [5.41, 5.74) is 4.23. The summed E-state index contributed by atoms with van der Waals surface area (Å²) in [4.78, 5) is 37.8. The number of fused-ring (bicyclic) bond motifs is 1. The molecule has 1 fully saturated rings. The molecule has 1 unspecified atom stereocenters. The van der Waals surface area contributed by atoms with Crippen LogP contribution in [0.4, 0.5) is 16.3 Å². The molecule has 0 aliphatic carbocycles. The third-order valence-corrected chi connectivity index (χ3v) is 7.73. The molecule has 0 radical (unpaired) electrons. The molecule has 0 spiro atoms. The first kappa shape index (κ1) is 35.3. The van der Waals surface area contributed by atoms with E-state index in [2.05, 4.69) is 47.1 Å². The lowest BCUT2D eigenvalue weighted by Gasteiger charge is -2.24. The second kappa shape index (κ2) is 15.5. The molecule has 5 aromatic rings. The van der Waals surface area contributed by atoms with Crippen molar-refractivity contribution in [1.29, 1.82) is 0 Å². The van der Waals surface area contributed by atoms with Gasteiger partial charge in [0, 0.05) is 48.6 Å². The van der Waals surface area contributed by atoms with Gasteiger partial charge in [-0.2, -0.15) is 0 Å². The van der Waals surface area contributed by atoms with Gasteiger partial charge < -0.3 is 34.6 Å². The van der Waals surface area contributed by atoms with Crippen LogP contribution in [0.3, 0.4) is 0 Å². The Hall–Kier alpha value is -6.00. The molecule has 13 nitrogen and oxygen atoms in total. The summed E-state index contributed by atoms with van der Waals surface area (Å²) in [5, 5.41) is 18.9. The van der Waals surface area contributed by atoms with Crippen LogP contribution in [0.2, 0.25) is 0 Å². The second-order valence-corrected chi connectivity index (χ2v) is 12.3. The summed E-state index contributed by atoms with van der Waals surface area (Å²) in [6.07, 6.45) is 4.18. The van der Waals surface area contributed by atoms with E-state index in [0.29, 0.717) is 30.4 Å². The Balaban J connectivity index is 0.000000470. The molecule has 6 rings (SSSR count). The summed E-state index contributed by atoms with van der Waals surface area (Å²) >= 11 is 0. The van der Waals surface area contributed by atoms with Gasteiger partial charge in [0.05, 0.1) is 29.1 Å². The van der Waals surface area contributed by atoms with Crippen LogP contribution in [0.25, 0.3) is 10.9 Å². The molecule has 2 amide bonds. The van der Waals surface area contributed by atoms with Crippen LogP contribution >= 0.6 is 0 Å². The number of hydrogen-bond donors (Lipinski definition) is 3. The standard InChI is InChI=1S/C32H34N6O3.C5H5NO3/c1-21-16-24(8-11-29(21)41-25-9-6-22(2)33-18-25)36-30-27-17-23(7-10-28(27)34-20-35-30)12-14-32(3,4)37-31(39)38-15-13-26(19-38)40-5;1-3-2-4(5(7)8)9-6-3/h6-11,16-18,20,26H,13,15,19H2,1-5H3,(H,37,39)(H,34,35,36);2H,1H3,(H,7,8). The van der Waals surface area contributed by atoms with Crippen LogP contribution < -0.4 is 15.4 Å². The van der Waals surface area contributed by atoms with Gasteiger partial charge in [-0.05, 0) is 95.1 Å². The van der Waals surface area contributed by atoms with E-state index in [9.17, 15) is 9.59 Å². The fourth-order valence-electron chi connectivity index (χ4n) is 5.03. The van der Waals surface area contributed by atoms with Crippen molar-refractivity contribution < 1.29 is 28.7 Å². The Bertz CT molecular complexity index is 2050. The van der Waals surface area contributed by atoms with Gasteiger partial charge >= 0.3 is 12.0 Å². The van der Waals surface area contributed by atoms with Gasteiger partial charge in [-0.15, -0.1) is 0 Å². The number of pyridine rings is 1. The quantitative estimate of drug-likeness (QED) is 0.163. The summed E-state index contributed by atoms with van der Waals surface area (Å²) in [7, 11) is 1.68. The fraction of sp³-hybridized carbons (Fsp3) is 0.297. The van der Waals surface area contributed by atoms with Crippen molar-refractivity contribution in [2.75, 3.05) is 25.5 Å². The van der Waals surface area contributed by atoms with E-state index in [4.69, 9.17) is 14.6 Å². The van der Waals surface area contributed by atoms with Gasteiger partial charge in [-0.3, -0.25) is 4.98 Å². The highest BCUT2D eigenvalue weighted by atomic mass is 16.5. The van der Waals surface area contributed by atoms with Crippen molar-refractivity contribution >= 4 is 34.4 Å². The average molecular weight is 678 g/mol. The number of rotatable bonds is 7. The zero-order valence-corrected chi connectivity index (χ0v) is 28.8. The number of ether oxygens (including phenoxy) is 2. The van der Waals surface area contributed by atoms with E-state index in [1.165, 1.54) is 12.4 Å². The Morgan fingerprint density at radius 3 is 2.48 bits per heavy atom. The van der Waals surface area contributed by atoms with Crippen molar-refractivity contribution in [2.24, 2.45) is 0 Å². The summed E-state index contributed by atoms with van der Waals surface area (Å²) in [6, 6.07) is 16.7. The number of carboxylic acid groups (broad SMARTS) is 1. The molecule has 1 aliphatic rings. The van der Waals surface area contributed by atoms with Gasteiger partial charge in [-0.1, -0.05) is 17.0 Å². The first-order valence-electron chi connectivity index (χ1n) is 15.9. The lowest BCUT2D eigenvalue weighted by Crippen LogP contribution is -2.49. The number of carbonyl (C=O) groups excluding carboxylic acids is 1. The van der Waals surface area contributed by atoms with Crippen molar-refractivity contribution in [1.82, 2.24) is 30.3 Å². The molecule has 3 N–H and O–H groups in total. The van der Waals surface area contributed by atoms with Crippen molar-refractivity contribution in [2.45, 2.75) is 52.7 Å². The predicted octanol–water partition coefficient (Wildman–Crippen LogP) is 6.42. The largest absolute Gasteiger partial charge is 0.475 e. The number of hydrogen-bond acceptors (Lipinski definition) is 10. The van der Waals surface area contributed by atoms with Crippen LogP contribution in [0, 0.1) is 32.6 Å². The van der Waals surface area contributed by atoms with E-state index in [1.807, 2.05) is 76.2 Å². The Morgan fingerprint density at radius 1 is 1.02 bits per heavy atom. The van der Waals surface area contributed by atoms with Crippen LogP contribution in [-0.2, 0) is 4.74 Å². The number of aryl methyl sites for hydroxylation is 3. The number of methoxy groups -OCH3 is 1. The van der Waals surface area contributed by atoms with Gasteiger partial charge in [0.1, 0.15) is 23.6 Å². The number of likely N-dealkylation sites (tertiary alicyclic amines) is 1. The highest BCUT2D eigenvalue weighted by Crippen LogP contribution is 2.30. The molecule has 1 atom stereocenters. The second-order valence-electron chi connectivity index (χ2n) is 12.3. The summed E-state index contributed by atoms with van der Waals surface area (Å²) in [5.74, 6) is 7.33. The molecule has 13 heteroatoms. The molecule has 0 bridgehead atoms. The zero-order chi connectivity index (χ0) is 35.8. The molecule has 2 aromatic carbocycles. The minimum absolute atomic E-state index is 0.0870. The molecule has 1 saturated heterocycles. The molecular weight excluding hydrogens is 638 g/mol. The first-order chi connectivity index (χ1) is 23.9. The number of benzene rings is 2. The maximum atomic E-state index is 12.7. The van der Waals surface area contributed by atoms with E-state index in [-0.39, 0.29) is 17.9 Å². The number of carboxylic acids is 1. The van der Waals surface area contributed by atoms with Crippen LogP contribution in [0.1, 0.15) is 53.3 Å². The van der Waals surface area contributed by atoms with Gasteiger partial charge in [-0.25, -0.2) is 19.6 Å². The average Bonchev–Trinajstić information content (AvgIpc) is 3.76. The molecule has 258 valence electrons. The van der Waals surface area contributed by atoms with Crippen LogP contribution in [0.15, 0.2) is 71.6 Å². The molecule has 1 aliphatic heterocycles. The lowest BCUT2D eigenvalue weighted by molar-refractivity contribution is 0.0652. The number of nitrogens with one attached hydrogen (secondary N) is 2. The third kappa shape index (κ3) is 9.33. The first-order valence-corrected chi connectivity index (χ1v) is 15.9. The number of nitrogens with zero attached hydrogens (tertiary/aromatic N) is 5. The number of aromatic nitrogens is 4. The summed E-state index contributed by atoms with van der Waals surface area (Å²) < 4.78 is 15.8. The number of urea groups is 1. The maximum Gasteiger partial charge on any atom is 0.374 e. The SMILES string of the molecule is COC1CCN(C(=O)NC(C)(C)C#Cc2ccc3ncnc(Nc4ccc(Oc5ccc(C)nc5)c(C)c4)c3c2)C1.Cc1cc(C(=O)O)on1. The van der Waals surface area contributed by atoms with E-state index < -0.39 is 11.5 Å². The smallest absolute Gasteiger partial charge is 0.374 e. The van der Waals surface area contributed by atoms with Gasteiger partial charge in [0.2, 0.25) is 5.76 Å². The minimum atomic E-state index is -1.09. The third-order valence-electron chi connectivity index (χ3n) is 7.73. The highest BCUT2D eigenvalue weighted by Gasteiger charge is 2.29. The Labute approximate surface area is 290 Å². The topological polar surface area (TPSA) is 165 Å². The maximum absolute atomic E-state index is 12.7. The van der Waals surface area contributed by atoms with E-state index in [1.54, 1.807) is 25.1 Å². The number of carbonyl (C=O) groups is 2. The monoisotopic (exact) mass is 677 g/mol. The van der Waals surface area contributed by atoms with E-state index in [0.717, 1.165) is 45.6 Å². The normalized spacial score (nSPS) is 13.9. The highest BCUT2D eigenvalue weighted by molar-refractivity contribution is 5.91. The Kier molecular flexibility index (Phi) is 10.9. The van der Waals surface area contributed by atoms with Crippen LogP contribution in [0.5, 0.6) is 11.5 Å². The number of aromatic carboxylic acids is 1. The van der Waals surface area contributed by atoms with Crippen molar-refractivity contribution in [3.63, 3.8) is 0 Å². The van der Waals surface area contributed by atoms with Crippen LogP contribution in [-0.4, -0.2) is 74.0 Å². The molecular formula is C37H39N7O6.